The van der Waals surface area contributed by atoms with E-state index in [4.69, 9.17) is 11.6 Å². The van der Waals surface area contributed by atoms with Crippen LogP contribution >= 0.6 is 11.6 Å². The van der Waals surface area contributed by atoms with Crippen LogP contribution in [0.1, 0.15) is 37.5 Å². The summed E-state index contributed by atoms with van der Waals surface area (Å²) in [4.78, 5) is 12.5. The van der Waals surface area contributed by atoms with Crippen molar-refractivity contribution in [2.24, 2.45) is 5.10 Å². The Morgan fingerprint density at radius 3 is 2.26 bits per heavy atom. The van der Waals surface area contributed by atoms with E-state index in [1.165, 1.54) is 48.7 Å². The molecule has 9 heteroatoms. The summed E-state index contributed by atoms with van der Waals surface area (Å²) in [6.07, 6.45) is 1.47. The third-order valence-corrected chi connectivity index (χ3v) is 7.31. The lowest BCUT2D eigenvalue weighted by Gasteiger charge is -2.21. The monoisotopic (exact) mass is 515 g/mol. The number of benzene rings is 3. The summed E-state index contributed by atoms with van der Waals surface area (Å²) in [6, 6.07) is 19.1. The second-order valence-corrected chi connectivity index (χ2v) is 11.4. The predicted octanol–water partition coefficient (Wildman–Crippen LogP) is 5.12. The molecule has 3 aromatic rings. The zero-order chi connectivity index (χ0) is 25.6. The smallest absolute Gasteiger partial charge is 0.255 e. The van der Waals surface area contributed by atoms with Gasteiger partial charge in [-0.25, -0.2) is 18.2 Å². The molecule has 0 bridgehead atoms. The number of rotatable bonds is 8. The first kappa shape index (κ1) is 26.5. The van der Waals surface area contributed by atoms with Gasteiger partial charge in [-0.1, -0.05) is 74.8 Å². The van der Waals surface area contributed by atoms with Gasteiger partial charge in [-0.05, 0) is 46.9 Å². The van der Waals surface area contributed by atoms with Gasteiger partial charge in [-0.3, -0.25) is 4.79 Å². The molecule has 1 N–H and O–H groups in total. The molecule has 0 aliphatic carbocycles. The van der Waals surface area contributed by atoms with Gasteiger partial charge in [0.05, 0.1) is 17.7 Å². The number of amides is 1. The molecule has 0 saturated carbocycles. The van der Waals surface area contributed by atoms with Crippen molar-refractivity contribution in [3.05, 3.63) is 100 Å². The van der Waals surface area contributed by atoms with Crippen molar-refractivity contribution < 1.29 is 17.6 Å². The molecule has 0 atom stereocenters. The van der Waals surface area contributed by atoms with Gasteiger partial charge in [0, 0.05) is 17.1 Å². The van der Waals surface area contributed by atoms with Gasteiger partial charge in [0.2, 0.25) is 10.0 Å². The Hall–Kier alpha value is -3.07. The van der Waals surface area contributed by atoms with E-state index in [2.05, 4.69) is 31.3 Å². The number of nitrogens with zero attached hydrogens (tertiary/aromatic N) is 2. The topological polar surface area (TPSA) is 78.8 Å². The second-order valence-electron chi connectivity index (χ2n) is 8.98. The van der Waals surface area contributed by atoms with E-state index in [1.807, 2.05) is 24.3 Å². The SMILES string of the molecule is CC(C)(C)c1ccc(/C=N\NC(=O)CN(Cc2ccccc2F)S(=O)(=O)c2ccc(Cl)cc2)cc1. The Balaban J connectivity index is 1.76. The Bertz CT molecular complexity index is 1300. The normalized spacial score (nSPS) is 12.3. The molecule has 0 heterocycles. The second kappa shape index (κ2) is 11.1. The number of sulfonamides is 1. The molecule has 3 rings (SSSR count). The average molecular weight is 516 g/mol. The standard InChI is InChI=1S/C26H27ClFN3O3S/c1-26(2,3)21-10-8-19(9-11-21)16-29-30-25(32)18-31(17-20-6-4-5-7-24(20)28)35(33,34)23-14-12-22(27)13-15-23/h4-16H,17-18H2,1-3H3,(H,30,32)/b29-16-. The summed E-state index contributed by atoms with van der Waals surface area (Å²) in [5, 5.41) is 4.31. The molecule has 0 aromatic heterocycles. The van der Waals surface area contributed by atoms with E-state index >= 15 is 0 Å². The predicted molar refractivity (Wildman–Crippen MR) is 136 cm³/mol. The third kappa shape index (κ3) is 7.21. The fourth-order valence-corrected chi connectivity index (χ4v) is 4.74. The molecule has 0 saturated heterocycles. The van der Waals surface area contributed by atoms with Gasteiger partial charge < -0.3 is 0 Å². The number of halogens is 2. The largest absolute Gasteiger partial charge is 0.272 e. The molecule has 3 aromatic carbocycles. The minimum absolute atomic E-state index is 0.0150. The third-order valence-electron chi connectivity index (χ3n) is 5.26. The van der Waals surface area contributed by atoms with E-state index < -0.39 is 28.3 Å². The lowest BCUT2D eigenvalue weighted by molar-refractivity contribution is -0.121. The van der Waals surface area contributed by atoms with Gasteiger partial charge in [0.1, 0.15) is 5.82 Å². The molecule has 1 amide bonds. The molecule has 184 valence electrons. The Kier molecular flexibility index (Phi) is 8.43. The van der Waals surface area contributed by atoms with Crippen molar-refractivity contribution in [1.29, 1.82) is 0 Å². The van der Waals surface area contributed by atoms with Crippen LogP contribution in [-0.4, -0.2) is 31.4 Å². The highest BCUT2D eigenvalue weighted by Gasteiger charge is 2.27. The van der Waals surface area contributed by atoms with Crippen LogP contribution in [0.4, 0.5) is 4.39 Å². The first-order valence-electron chi connectivity index (χ1n) is 10.9. The van der Waals surface area contributed by atoms with E-state index in [0.717, 1.165) is 15.4 Å². The molecule has 35 heavy (non-hydrogen) atoms. The summed E-state index contributed by atoms with van der Waals surface area (Å²) in [7, 11) is -4.13. The minimum Gasteiger partial charge on any atom is -0.272 e. The Morgan fingerprint density at radius 2 is 1.66 bits per heavy atom. The first-order chi connectivity index (χ1) is 16.5. The van der Waals surface area contributed by atoms with Crippen LogP contribution in [0.5, 0.6) is 0 Å². The zero-order valence-corrected chi connectivity index (χ0v) is 21.3. The maximum absolute atomic E-state index is 14.3. The fraction of sp³-hybridized carbons (Fsp3) is 0.231. The lowest BCUT2D eigenvalue weighted by atomic mass is 9.87. The minimum atomic E-state index is -4.13. The molecular formula is C26H27ClFN3O3S. The summed E-state index contributed by atoms with van der Waals surface area (Å²) in [6.45, 7) is 5.45. The summed E-state index contributed by atoms with van der Waals surface area (Å²) < 4.78 is 41.7. The molecule has 0 radical (unpaired) electrons. The van der Waals surface area contributed by atoms with Crippen LogP contribution in [0.2, 0.25) is 5.02 Å². The van der Waals surface area contributed by atoms with Gasteiger partial charge in [-0.15, -0.1) is 0 Å². The van der Waals surface area contributed by atoms with Crippen LogP contribution < -0.4 is 5.43 Å². The van der Waals surface area contributed by atoms with Crippen LogP contribution in [0.15, 0.2) is 82.8 Å². The maximum atomic E-state index is 14.3. The number of carbonyl (C=O) groups is 1. The van der Waals surface area contributed by atoms with Crippen molar-refractivity contribution in [1.82, 2.24) is 9.73 Å². The van der Waals surface area contributed by atoms with Crippen LogP contribution in [-0.2, 0) is 26.8 Å². The Labute approximate surface area is 210 Å². The fourth-order valence-electron chi connectivity index (χ4n) is 3.24. The average Bonchev–Trinajstić information content (AvgIpc) is 2.80. The van der Waals surface area contributed by atoms with Gasteiger partial charge in [0.15, 0.2) is 0 Å². The van der Waals surface area contributed by atoms with Gasteiger partial charge in [0.25, 0.3) is 5.91 Å². The molecule has 0 unspecified atom stereocenters. The molecule has 0 fully saturated rings. The highest BCUT2D eigenvalue weighted by atomic mass is 35.5. The molecule has 0 spiro atoms. The highest BCUT2D eigenvalue weighted by molar-refractivity contribution is 7.89. The summed E-state index contributed by atoms with van der Waals surface area (Å²) in [5.74, 6) is -1.23. The highest BCUT2D eigenvalue weighted by Crippen LogP contribution is 2.22. The number of nitrogens with one attached hydrogen (secondary N) is 1. The van der Waals surface area contributed by atoms with Crippen molar-refractivity contribution >= 4 is 33.7 Å². The zero-order valence-electron chi connectivity index (χ0n) is 19.7. The number of hydrogen-bond donors (Lipinski definition) is 1. The molecule has 0 aliphatic heterocycles. The van der Waals surface area contributed by atoms with Crippen LogP contribution in [0, 0.1) is 5.82 Å². The quantitative estimate of drug-likeness (QED) is 0.334. The van der Waals surface area contributed by atoms with Gasteiger partial charge >= 0.3 is 0 Å². The Morgan fingerprint density at radius 1 is 1.03 bits per heavy atom. The van der Waals surface area contributed by atoms with E-state index in [9.17, 15) is 17.6 Å². The van der Waals surface area contributed by atoms with Gasteiger partial charge in [-0.2, -0.15) is 9.41 Å². The van der Waals surface area contributed by atoms with E-state index in [0.29, 0.717) is 5.02 Å². The number of hydrazone groups is 1. The van der Waals surface area contributed by atoms with E-state index in [-0.39, 0.29) is 22.4 Å². The van der Waals surface area contributed by atoms with Crippen LogP contribution in [0.25, 0.3) is 0 Å². The maximum Gasteiger partial charge on any atom is 0.255 e. The number of carbonyl (C=O) groups excluding carboxylic acids is 1. The van der Waals surface area contributed by atoms with Crippen molar-refractivity contribution in [2.75, 3.05) is 6.54 Å². The van der Waals surface area contributed by atoms with Crippen LogP contribution in [0.3, 0.4) is 0 Å². The lowest BCUT2D eigenvalue weighted by Crippen LogP contribution is -2.39. The van der Waals surface area contributed by atoms with Crippen molar-refractivity contribution in [3.8, 4) is 0 Å². The summed E-state index contributed by atoms with van der Waals surface area (Å²) in [5.41, 5.74) is 4.44. The van der Waals surface area contributed by atoms with Crippen molar-refractivity contribution in [3.63, 3.8) is 0 Å². The number of hydrogen-bond acceptors (Lipinski definition) is 4. The molecule has 6 nitrogen and oxygen atoms in total. The summed E-state index contributed by atoms with van der Waals surface area (Å²) >= 11 is 5.88. The first-order valence-corrected chi connectivity index (χ1v) is 12.7. The molecule has 0 aliphatic rings. The van der Waals surface area contributed by atoms with E-state index in [1.54, 1.807) is 6.07 Å². The molecular weight excluding hydrogens is 489 g/mol. The van der Waals surface area contributed by atoms with Crippen molar-refractivity contribution in [2.45, 2.75) is 37.6 Å².